The molecule has 0 spiro atoms. The van der Waals surface area contributed by atoms with Crippen LogP contribution in [0, 0.1) is 18.8 Å². The highest BCUT2D eigenvalue weighted by atomic mass is 16.2. The Kier molecular flexibility index (Phi) is 2.97. The molecule has 98 valence electrons. The Hall–Kier alpha value is -1.90. The van der Waals surface area contributed by atoms with Crippen LogP contribution in [0.25, 0.3) is 0 Å². The molecule has 1 aromatic rings. The van der Waals surface area contributed by atoms with Crippen molar-refractivity contribution in [3.8, 4) is 0 Å². The molecule has 0 aromatic heterocycles. The van der Waals surface area contributed by atoms with E-state index in [2.05, 4.69) is 0 Å². The highest BCUT2D eigenvalue weighted by molar-refractivity contribution is 6.05. The fraction of sp³-hybridized carbons (Fsp3) is 0.375. The molecule has 1 saturated heterocycles. The van der Waals surface area contributed by atoms with Crippen LogP contribution >= 0.6 is 0 Å². The van der Waals surface area contributed by atoms with Gasteiger partial charge in [-0.25, -0.2) is 0 Å². The molecule has 2 atom stereocenters. The summed E-state index contributed by atoms with van der Waals surface area (Å²) in [6.07, 6.45) is 5.45. The fourth-order valence-corrected chi connectivity index (χ4v) is 2.98. The van der Waals surface area contributed by atoms with E-state index < -0.39 is 0 Å². The number of likely N-dealkylation sites (tertiary alicyclic amines) is 1. The van der Waals surface area contributed by atoms with Crippen LogP contribution in [-0.4, -0.2) is 16.7 Å². The Balaban J connectivity index is 1.85. The number of carbonyl (C=O) groups is 2. The number of amides is 2. The average Bonchev–Trinajstić information content (AvgIpc) is 2.67. The van der Waals surface area contributed by atoms with Crippen molar-refractivity contribution in [1.29, 1.82) is 0 Å². The topological polar surface area (TPSA) is 37.4 Å². The normalized spacial score (nSPS) is 25.8. The molecule has 3 heteroatoms. The van der Waals surface area contributed by atoms with Gasteiger partial charge in [-0.1, -0.05) is 36.4 Å². The molecule has 1 heterocycles. The first-order valence-electron chi connectivity index (χ1n) is 6.73. The van der Waals surface area contributed by atoms with Gasteiger partial charge >= 0.3 is 0 Å². The Labute approximate surface area is 112 Å². The number of benzene rings is 1. The van der Waals surface area contributed by atoms with Crippen LogP contribution in [0.3, 0.4) is 0 Å². The number of allylic oxidation sites excluding steroid dienone is 2. The number of aryl methyl sites for hydroxylation is 1. The van der Waals surface area contributed by atoms with Crippen molar-refractivity contribution in [2.24, 2.45) is 11.8 Å². The van der Waals surface area contributed by atoms with Crippen LogP contribution in [-0.2, 0) is 16.1 Å². The SMILES string of the molecule is Cc1ccccc1CN1C(=O)[C@@H]2CC=CC[C@H]2C1=O. The minimum Gasteiger partial charge on any atom is -0.278 e. The van der Waals surface area contributed by atoms with Crippen LogP contribution in [0.2, 0.25) is 0 Å². The third-order valence-corrected chi connectivity index (χ3v) is 4.19. The molecule has 1 aliphatic carbocycles. The highest BCUT2D eigenvalue weighted by Gasteiger charge is 2.46. The lowest BCUT2D eigenvalue weighted by molar-refractivity contribution is -0.140. The van der Waals surface area contributed by atoms with Gasteiger partial charge in [0.05, 0.1) is 18.4 Å². The first kappa shape index (κ1) is 12.2. The van der Waals surface area contributed by atoms with Crippen LogP contribution in [0.4, 0.5) is 0 Å². The summed E-state index contributed by atoms with van der Waals surface area (Å²) in [7, 11) is 0. The second kappa shape index (κ2) is 4.65. The van der Waals surface area contributed by atoms with Gasteiger partial charge in [0.2, 0.25) is 11.8 Å². The summed E-state index contributed by atoms with van der Waals surface area (Å²) in [6, 6.07) is 7.91. The third-order valence-electron chi connectivity index (χ3n) is 4.19. The van der Waals surface area contributed by atoms with Gasteiger partial charge in [-0.2, -0.15) is 0 Å². The summed E-state index contributed by atoms with van der Waals surface area (Å²) in [5.41, 5.74) is 2.17. The number of rotatable bonds is 2. The van der Waals surface area contributed by atoms with Crippen LogP contribution in [0.5, 0.6) is 0 Å². The first-order chi connectivity index (χ1) is 9.18. The van der Waals surface area contributed by atoms with Crippen molar-refractivity contribution in [1.82, 2.24) is 4.90 Å². The number of hydrogen-bond acceptors (Lipinski definition) is 2. The molecule has 0 N–H and O–H groups in total. The van der Waals surface area contributed by atoms with Gasteiger partial charge in [-0.05, 0) is 30.9 Å². The minimum atomic E-state index is -0.124. The van der Waals surface area contributed by atoms with Gasteiger partial charge in [0, 0.05) is 0 Å². The molecule has 3 rings (SSSR count). The molecule has 2 amide bonds. The molecule has 2 aliphatic rings. The quantitative estimate of drug-likeness (QED) is 0.601. The van der Waals surface area contributed by atoms with E-state index >= 15 is 0 Å². The van der Waals surface area contributed by atoms with Crippen LogP contribution in [0.1, 0.15) is 24.0 Å². The summed E-state index contributed by atoms with van der Waals surface area (Å²) in [6.45, 7) is 2.42. The molecule has 1 fully saturated rings. The Morgan fingerprint density at radius 2 is 1.63 bits per heavy atom. The molecule has 3 nitrogen and oxygen atoms in total. The number of imide groups is 1. The van der Waals surface area contributed by atoms with Crippen molar-refractivity contribution >= 4 is 11.8 Å². The van der Waals surface area contributed by atoms with Crippen molar-refractivity contribution in [2.45, 2.75) is 26.3 Å². The zero-order valence-corrected chi connectivity index (χ0v) is 11.0. The molecule has 0 bridgehead atoms. The van der Waals surface area contributed by atoms with Gasteiger partial charge in [-0.15, -0.1) is 0 Å². The van der Waals surface area contributed by atoms with Gasteiger partial charge in [0.25, 0.3) is 0 Å². The molecular weight excluding hydrogens is 238 g/mol. The van der Waals surface area contributed by atoms with E-state index in [1.807, 2.05) is 43.3 Å². The Morgan fingerprint density at radius 1 is 1.05 bits per heavy atom. The lowest BCUT2D eigenvalue weighted by Crippen LogP contribution is -2.30. The van der Waals surface area contributed by atoms with Crippen LogP contribution in [0.15, 0.2) is 36.4 Å². The number of fused-ring (bicyclic) bond motifs is 1. The van der Waals surface area contributed by atoms with E-state index in [4.69, 9.17) is 0 Å². The van der Waals surface area contributed by atoms with E-state index in [0.717, 1.165) is 11.1 Å². The average molecular weight is 255 g/mol. The third kappa shape index (κ3) is 1.99. The molecule has 0 saturated carbocycles. The lowest BCUT2D eigenvalue weighted by Gasteiger charge is -2.16. The van der Waals surface area contributed by atoms with E-state index in [1.54, 1.807) is 0 Å². The monoisotopic (exact) mass is 255 g/mol. The number of nitrogens with zero attached hydrogens (tertiary/aromatic N) is 1. The van der Waals surface area contributed by atoms with E-state index in [0.29, 0.717) is 19.4 Å². The summed E-state index contributed by atoms with van der Waals surface area (Å²) >= 11 is 0. The maximum absolute atomic E-state index is 12.3. The number of carbonyl (C=O) groups excluding carboxylic acids is 2. The number of hydrogen-bond donors (Lipinski definition) is 0. The minimum absolute atomic E-state index is 0.00241. The molecule has 1 aromatic carbocycles. The van der Waals surface area contributed by atoms with E-state index in [-0.39, 0.29) is 23.7 Å². The van der Waals surface area contributed by atoms with Gasteiger partial charge < -0.3 is 0 Å². The van der Waals surface area contributed by atoms with Crippen molar-refractivity contribution in [3.63, 3.8) is 0 Å². The van der Waals surface area contributed by atoms with Gasteiger partial charge in [0.1, 0.15) is 0 Å². The van der Waals surface area contributed by atoms with Gasteiger partial charge in [0.15, 0.2) is 0 Å². The van der Waals surface area contributed by atoms with Crippen molar-refractivity contribution in [2.75, 3.05) is 0 Å². The zero-order chi connectivity index (χ0) is 13.4. The zero-order valence-electron chi connectivity index (χ0n) is 11.0. The maximum atomic E-state index is 12.3. The second-order valence-corrected chi connectivity index (χ2v) is 5.34. The van der Waals surface area contributed by atoms with Crippen molar-refractivity contribution in [3.05, 3.63) is 47.5 Å². The highest BCUT2D eigenvalue weighted by Crippen LogP contribution is 2.35. The molecule has 0 unspecified atom stereocenters. The van der Waals surface area contributed by atoms with Crippen LogP contribution < -0.4 is 0 Å². The van der Waals surface area contributed by atoms with Crippen molar-refractivity contribution < 1.29 is 9.59 Å². The predicted octanol–water partition coefficient (Wildman–Crippen LogP) is 2.45. The Bertz CT molecular complexity index is 536. The smallest absolute Gasteiger partial charge is 0.233 e. The summed E-state index contributed by atoms with van der Waals surface area (Å²) < 4.78 is 0. The van der Waals surface area contributed by atoms with E-state index in [9.17, 15) is 9.59 Å². The molecular formula is C16H17NO2. The molecule has 0 radical (unpaired) electrons. The first-order valence-corrected chi connectivity index (χ1v) is 6.73. The van der Waals surface area contributed by atoms with Gasteiger partial charge in [-0.3, -0.25) is 14.5 Å². The van der Waals surface area contributed by atoms with E-state index in [1.165, 1.54) is 4.90 Å². The second-order valence-electron chi connectivity index (χ2n) is 5.34. The lowest BCUT2D eigenvalue weighted by atomic mass is 9.85. The maximum Gasteiger partial charge on any atom is 0.233 e. The Morgan fingerprint density at radius 3 is 2.21 bits per heavy atom. The predicted molar refractivity (Wildman–Crippen MR) is 72.1 cm³/mol. The fourth-order valence-electron chi connectivity index (χ4n) is 2.98. The summed E-state index contributed by atoms with van der Waals surface area (Å²) in [4.78, 5) is 26.1. The molecule has 19 heavy (non-hydrogen) atoms. The molecule has 1 aliphatic heterocycles. The summed E-state index contributed by atoms with van der Waals surface area (Å²) in [5.74, 6) is -0.242. The largest absolute Gasteiger partial charge is 0.278 e. The standard InChI is InChI=1S/C16H17NO2/c1-11-6-2-3-7-12(11)10-17-15(18)13-8-4-5-9-14(13)16(17)19/h2-7,13-14H,8-10H2,1H3/t13-,14-/m1/s1. The summed E-state index contributed by atoms with van der Waals surface area (Å²) in [5, 5.41) is 0.